The van der Waals surface area contributed by atoms with Crippen molar-refractivity contribution in [1.82, 2.24) is 4.90 Å². The zero-order valence-corrected chi connectivity index (χ0v) is 13.9. The van der Waals surface area contributed by atoms with Crippen molar-refractivity contribution in [3.05, 3.63) is 28.8 Å². The third-order valence-corrected chi connectivity index (χ3v) is 3.85. The molecule has 0 spiro atoms. The lowest BCUT2D eigenvalue weighted by Gasteiger charge is -2.30. The van der Waals surface area contributed by atoms with Crippen molar-refractivity contribution in [2.45, 2.75) is 39.7 Å². The van der Waals surface area contributed by atoms with E-state index < -0.39 is 0 Å². The van der Waals surface area contributed by atoms with E-state index in [-0.39, 0.29) is 24.4 Å². The van der Waals surface area contributed by atoms with Crippen molar-refractivity contribution >= 4 is 24.0 Å². The van der Waals surface area contributed by atoms with Crippen LogP contribution in [0.3, 0.4) is 0 Å². The lowest BCUT2D eigenvalue weighted by molar-refractivity contribution is -0.117. The number of piperidine rings is 1. The number of likely N-dealkylation sites (tertiary alicyclic amines) is 1. The SMILES string of the molecule is Cc1cc(C)c(NC(=O)CN2CCC[C@@H](N)C2)c(C)c1.Cl. The van der Waals surface area contributed by atoms with Crippen molar-refractivity contribution in [2.24, 2.45) is 5.73 Å². The maximum Gasteiger partial charge on any atom is 0.238 e. The van der Waals surface area contributed by atoms with Crippen LogP contribution in [0.5, 0.6) is 0 Å². The molecular weight excluding hydrogens is 286 g/mol. The highest BCUT2D eigenvalue weighted by Crippen LogP contribution is 2.22. The van der Waals surface area contributed by atoms with Crippen LogP contribution >= 0.6 is 12.4 Å². The number of nitrogens with zero attached hydrogens (tertiary/aromatic N) is 1. The van der Waals surface area contributed by atoms with E-state index in [1.807, 2.05) is 13.8 Å². The zero-order valence-electron chi connectivity index (χ0n) is 13.1. The molecular formula is C16H26ClN3O. The van der Waals surface area contributed by atoms with Crippen LogP contribution in [-0.2, 0) is 4.79 Å². The minimum atomic E-state index is 0. The van der Waals surface area contributed by atoms with Gasteiger partial charge in [0.25, 0.3) is 0 Å². The first-order chi connectivity index (χ1) is 9.45. The zero-order chi connectivity index (χ0) is 14.7. The topological polar surface area (TPSA) is 58.4 Å². The molecule has 1 amide bonds. The van der Waals surface area contributed by atoms with E-state index in [0.717, 1.165) is 42.7 Å². The highest BCUT2D eigenvalue weighted by molar-refractivity contribution is 5.93. The van der Waals surface area contributed by atoms with Crippen molar-refractivity contribution in [3.8, 4) is 0 Å². The van der Waals surface area contributed by atoms with Gasteiger partial charge in [0.1, 0.15) is 0 Å². The summed E-state index contributed by atoms with van der Waals surface area (Å²) in [6.07, 6.45) is 2.14. The number of hydrogen-bond acceptors (Lipinski definition) is 3. The van der Waals surface area contributed by atoms with Crippen molar-refractivity contribution < 1.29 is 4.79 Å². The second-order valence-corrected chi connectivity index (χ2v) is 5.96. The summed E-state index contributed by atoms with van der Waals surface area (Å²) in [5.41, 5.74) is 10.3. The summed E-state index contributed by atoms with van der Waals surface area (Å²) in [4.78, 5) is 14.3. The molecule has 1 aliphatic heterocycles. The Morgan fingerprint density at radius 2 is 1.95 bits per heavy atom. The Balaban J connectivity index is 0.00000220. The van der Waals surface area contributed by atoms with Gasteiger partial charge in [-0.2, -0.15) is 0 Å². The lowest BCUT2D eigenvalue weighted by Crippen LogP contribution is -2.45. The first-order valence-electron chi connectivity index (χ1n) is 7.31. The van der Waals surface area contributed by atoms with Crippen LogP contribution in [0.15, 0.2) is 12.1 Å². The predicted molar refractivity (Wildman–Crippen MR) is 90.2 cm³/mol. The smallest absolute Gasteiger partial charge is 0.238 e. The van der Waals surface area contributed by atoms with Crippen LogP contribution in [-0.4, -0.2) is 36.5 Å². The van der Waals surface area contributed by atoms with E-state index in [0.29, 0.717) is 6.54 Å². The van der Waals surface area contributed by atoms with E-state index >= 15 is 0 Å². The largest absolute Gasteiger partial charge is 0.327 e. The molecule has 1 heterocycles. The molecule has 1 atom stereocenters. The molecule has 0 bridgehead atoms. The first-order valence-corrected chi connectivity index (χ1v) is 7.31. The summed E-state index contributed by atoms with van der Waals surface area (Å²) in [5, 5.41) is 3.05. The number of aryl methyl sites for hydroxylation is 3. The van der Waals surface area contributed by atoms with Gasteiger partial charge in [0.15, 0.2) is 0 Å². The molecule has 0 aromatic heterocycles. The highest BCUT2D eigenvalue weighted by atomic mass is 35.5. The Kier molecular flexibility index (Phi) is 6.65. The molecule has 118 valence electrons. The fraction of sp³-hybridized carbons (Fsp3) is 0.562. The normalized spacial score (nSPS) is 19.0. The molecule has 0 unspecified atom stereocenters. The van der Waals surface area contributed by atoms with Gasteiger partial charge in [-0.3, -0.25) is 9.69 Å². The quantitative estimate of drug-likeness (QED) is 0.901. The number of benzene rings is 1. The van der Waals surface area contributed by atoms with Crippen molar-refractivity contribution in [3.63, 3.8) is 0 Å². The minimum Gasteiger partial charge on any atom is -0.327 e. The van der Waals surface area contributed by atoms with Gasteiger partial charge in [0, 0.05) is 18.3 Å². The summed E-state index contributed by atoms with van der Waals surface area (Å²) >= 11 is 0. The van der Waals surface area contributed by atoms with Crippen LogP contribution in [0, 0.1) is 20.8 Å². The minimum absolute atomic E-state index is 0. The number of rotatable bonds is 3. The standard InChI is InChI=1S/C16H25N3O.ClH/c1-11-7-12(2)16(13(3)8-11)18-15(20)10-19-6-4-5-14(17)9-19;/h7-8,14H,4-6,9-10,17H2,1-3H3,(H,18,20);1H/t14-;/m1./s1. The van der Waals surface area contributed by atoms with Crippen LogP contribution < -0.4 is 11.1 Å². The Hall–Kier alpha value is -1.10. The van der Waals surface area contributed by atoms with E-state index in [1.165, 1.54) is 5.56 Å². The van der Waals surface area contributed by atoms with Crippen LogP contribution in [0.2, 0.25) is 0 Å². The molecule has 3 N–H and O–H groups in total. The summed E-state index contributed by atoms with van der Waals surface area (Å²) in [7, 11) is 0. The van der Waals surface area contributed by atoms with Gasteiger partial charge in [0.05, 0.1) is 6.54 Å². The third kappa shape index (κ3) is 4.99. The van der Waals surface area contributed by atoms with E-state index in [2.05, 4.69) is 29.3 Å². The fourth-order valence-corrected chi connectivity index (χ4v) is 2.99. The Morgan fingerprint density at radius 1 is 1.33 bits per heavy atom. The molecule has 1 aliphatic rings. The third-order valence-electron chi connectivity index (χ3n) is 3.85. The maximum absolute atomic E-state index is 12.2. The van der Waals surface area contributed by atoms with E-state index in [4.69, 9.17) is 5.73 Å². The molecule has 5 heteroatoms. The number of hydrogen-bond donors (Lipinski definition) is 2. The van der Waals surface area contributed by atoms with Crippen molar-refractivity contribution in [2.75, 3.05) is 25.0 Å². The molecule has 0 saturated carbocycles. The highest BCUT2D eigenvalue weighted by Gasteiger charge is 2.19. The molecule has 1 saturated heterocycles. The number of nitrogens with one attached hydrogen (secondary N) is 1. The molecule has 0 aliphatic carbocycles. The van der Waals surface area contributed by atoms with Gasteiger partial charge in [-0.15, -0.1) is 12.4 Å². The number of amides is 1. The molecule has 0 radical (unpaired) electrons. The van der Waals surface area contributed by atoms with Gasteiger partial charge in [-0.1, -0.05) is 17.7 Å². The second kappa shape index (κ2) is 7.78. The van der Waals surface area contributed by atoms with Gasteiger partial charge in [-0.05, 0) is 51.3 Å². The van der Waals surface area contributed by atoms with Crippen molar-refractivity contribution in [1.29, 1.82) is 0 Å². The molecule has 4 nitrogen and oxygen atoms in total. The van der Waals surface area contributed by atoms with E-state index in [9.17, 15) is 4.79 Å². The molecule has 1 aromatic rings. The Bertz CT molecular complexity index is 481. The summed E-state index contributed by atoms with van der Waals surface area (Å²) < 4.78 is 0. The number of halogens is 1. The number of nitrogens with two attached hydrogens (primary N) is 1. The predicted octanol–water partition coefficient (Wildman–Crippen LogP) is 2.40. The maximum atomic E-state index is 12.2. The molecule has 1 fully saturated rings. The monoisotopic (exact) mass is 311 g/mol. The number of anilines is 1. The number of carbonyl (C=O) groups is 1. The van der Waals surface area contributed by atoms with Crippen LogP contribution in [0.1, 0.15) is 29.5 Å². The molecule has 21 heavy (non-hydrogen) atoms. The van der Waals surface area contributed by atoms with Gasteiger partial charge in [0.2, 0.25) is 5.91 Å². The average Bonchev–Trinajstić information content (AvgIpc) is 2.33. The Morgan fingerprint density at radius 3 is 2.52 bits per heavy atom. The average molecular weight is 312 g/mol. The molecule has 2 rings (SSSR count). The van der Waals surface area contributed by atoms with Gasteiger partial charge >= 0.3 is 0 Å². The number of carbonyl (C=O) groups excluding carboxylic acids is 1. The summed E-state index contributed by atoms with van der Waals surface area (Å²) in [6, 6.07) is 4.40. The summed E-state index contributed by atoms with van der Waals surface area (Å²) in [6.45, 7) is 8.35. The van der Waals surface area contributed by atoms with Crippen LogP contribution in [0.25, 0.3) is 0 Å². The van der Waals surface area contributed by atoms with E-state index in [1.54, 1.807) is 0 Å². The summed E-state index contributed by atoms with van der Waals surface area (Å²) in [5.74, 6) is 0.0501. The second-order valence-electron chi connectivity index (χ2n) is 5.96. The molecule has 1 aromatic carbocycles. The van der Waals surface area contributed by atoms with Crippen LogP contribution in [0.4, 0.5) is 5.69 Å². The lowest BCUT2D eigenvalue weighted by atomic mass is 10.0. The van der Waals surface area contributed by atoms with Gasteiger partial charge < -0.3 is 11.1 Å². The Labute approximate surface area is 133 Å². The van der Waals surface area contributed by atoms with Gasteiger partial charge in [-0.25, -0.2) is 0 Å². The first kappa shape index (κ1) is 18.0. The fourth-order valence-electron chi connectivity index (χ4n) is 2.99.